The number of ketones is 1. The Labute approximate surface area is 100 Å². The Morgan fingerprint density at radius 1 is 1.38 bits per heavy atom. The molecule has 16 heavy (non-hydrogen) atoms. The molecule has 0 bridgehead atoms. The summed E-state index contributed by atoms with van der Waals surface area (Å²) in [6.07, 6.45) is 8.57. The van der Waals surface area contributed by atoms with Gasteiger partial charge in [-0.25, -0.2) is 0 Å². The molecule has 0 fully saturated rings. The molecule has 1 aliphatic rings. The Bertz CT molecular complexity index is 473. The summed E-state index contributed by atoms with van der Waals surface area (Å²) in [4.78, 5) is 11.9. The summed E-state index contributed by atoms with van der Waals surface area (Å²) >= 11 is 5.98. The molecule has 1 unspecified atom stereocenters. The maximum atomic E-state index is 11.9. The maximum absolute atomic E-state index is 11.9. The van der Waals surface area contributed by atoms with Crippen molar-refractivity contribution in [3.63, 3.8) is 0 Å². The Morgan fingerprint density at radius 2 is 2.19 bits per heavy atom. The van der Waals surface area contributed by atoms with Crippen LogP contribution in [0.25, 0.3) is 0 Å². The first-order chi connectivity index (χ1) is 7.65. The van der Waals surface area contributed by atoms with Crippen LogP contribution in [-0.2, 0) is 10.2 Å². The molecule has 1 atom stereocenters. The molecule has 0 spiro atoms. The average molecular weight is 233 g/mol. The van der Waals surface area contributed by atoms with Gasteiger partial charge in [0, 0.05) is 5.02 Å². The Morgan fingerprint density at radius 3 is 2.75 bits per heavy atom. The first kappa shape index (κ1) is 11.2. The fraction of sp³-hybridized carbons (Fsp3) is 0.214. The third-order valence-corrected chi connectivity index (χ3v) is 3.27. The van der Waals surface area contributed by atoms with Gasteiger partial charge in [0.05, 0.1) is 5.41 Å². The summed E-state index contributed by atoms with van der Waals surface area (Å²) in [5, 5.41) is 0.668. The number of hydrogen-bond acceptors (Lipinski definition) is 1. The van der Waals surface area contributed by atoms with E-state index in [0.717, 1.165) is 5.56 Å². The van der Waals surface area contributed by atoms with Gasteiger partial charge >= 0.3 is 0 Å². The molecule has 82 valence electrons. The predicted octanol–water partition coefficient (Wildman–Crippen LogP) is 3.68. The van der Waals surface area contributed by atoms with Crippen molar-refractivity contribution in [3.05, 3.63) is 59.2 Å². The van der Waals surface area contributed by atoms with E-state index in [1.165, 1.54) is 0 Å². The third kappa shape index (κ3) is 1.83. The molecule has 0 aromatic heterocycles. The van der Waals surface area contributed by atoms with Gasteiger partial charge in [0.15, 0.2) is 0 Å². The van der Waals surface area contributed by atoms with Crippen LogP contribution in [0.4, 0.5) is 0 Å². The van der Waals surface area contributed by atoms with E-state index in [4.69, 9.17) is 11.6 Å². The minimum atomic E-state index is -0.528. The predicted molar refractivity (Wildman–Crippen MR) is 66.7 cm³/mol. The van der Waals surface area contributed by atoms with E-state index in [1.807, 2.05) is 48.6 Å². The summed E-state index contributed by atoms with van der Waals surface area (Å²) in [7, 11) is 0. The van der Waals surface area contributed by atoms with Crippen molar-refractivity contribution >= 4 is 17.4 Å². The molecule has 0 aliphatic heterocycles. The molecule has 0 radical (unpaired) electrons. The first-order valence-electron chi connectivity index (χ1n) is 5.26. The lowest BCUT2D eigenvalue weighted by Gasteiger charge is -2.29. The van der Waals surface area contributed by atoms with Crippen molar-refractivity contribution in [1.29, 1.82) is 0 Å². The Balaban J connectivity index is 2.52. The first-order valence-corrected chi connectivity index (χ1v) is 5.64. The second kappa shape index (κ2) is 4.26. The van der Waals surface area contributed by atoms with Crippen LogP contribution in [-0.4, -0.2) is 5.78 Å². The third-order valence-electron chi connectivity index (χ3n) is 3.04. The largest absolute Gasteiger partial charge is 0.299 e. The van der Waals surface area contributed by atoms with Gasteiger partial charge in [-0.15, -0.1) is 0 Å². The minimum absolute atomic E-state index is 0.148. The van der Waals surface area contributed by atoms with E-state index >= 15 is 0 Å². The summed E-state index contributed by atoms with van der Waals surface area (Å²) < 4.78 is 0. The van der Waals surface area contributed by atoms with Gasteiger partial charge in [0.2, 0.25) is 0 Å². The lowest BCUT2D eigenvalue weighted by molar-refractivity contribution is -0.120. The summed E-state index contributed by atoms with van der Waals surface area (Å²) in [5.41, 5.74) is 0.438. The molecule has 0 heterocycles. The van der Waals surface area contributed by atoms with Gasteiger partial charge < -0.3 is 0 Å². The number of halogens is 1. The normalized spacial score (nSPS) is 23.4. The SMILES string of the molecule is CC(=O)C1(c2cccc(Cl)c2)C=CC=CC1. The van der Waals surface area contributed by atoms with Gasteiger partial charge in [0.1, 0.15) is 5.78 Å². The van der Waals surface area contributed by atoms with Crippen molar-refractivity contribution < 1.29 is 4.79 Å². The topological polar surface area (TPSA) is 17.1 Å². The minimum Gasteiger partial charge on any atom is -0.299 e. The highest BCUT2D eigenvalue weighted by Crippen LogP contribution is 2.34. The van der Waals surface area contributed by atoms with E-state index in [1.54, 1.807) is 6.92 Å². The van der Waals surface area contributed by atoms with Crippen molar-refractivity contribution in [1.82, 2.24) is 0 Å². The van der Waals surface area contributed by atoms with E-state index in [-0.39, 0.29) is 5.78 Å². The number of allylic oxidation sites excluding steroid dienone is 4. The zero-order valence-corrected chi connectivity index (χ0v) is 9.87. The number of benzene rings is 1. The zero-order chi connectivity index (χ0) is 11.6. The van der Waals surface area contributed by atoms with Gasteiger partial charge in [-0.05, 0) is 31.0 Å². The fourth-order valence-electron chi connectivity index (χ4n) is 2.06. The number of hydrogen-bond donors (Lipinski definition) is 0. The smallest absolute Gasteiger partial charge is 0.144 e. The highest BCUT2D eigenvalue weighted by molar-refractivity contribution is 6.30. The number of Topliss-reactive ketones (excluding diaryl/α,β-unsaturated/α-hetero) is 1. The van der Waals surface area contributed by atoms with Crippen molar-refractivity contribution in [3.8, 4) is 0 Å². The highest BCUT2D eigenvalue weighted by Gasteiger charge is 2.34. The molecular weight excluding hydrogens is 220 g/mol. The van der Waals surface area contributed by atoms with Gasteiger partial charge in [0.25, 0.3) is 0 Å². The molecule has 1 aliphatic carbocycles. The van der Waals surface area contributed by atoms with Crippen molar-refractivity contribution in [2.75, 3.05) is 0 Å². The fourth-order valence-corrected chi connectivity index (χ4v) is 2.26. The van der Waals surface area contributed by atoms with Crippen LogP contribution in [0.15, 0.2) is 48.6 Å². The van der Waals surface area contributed by atoms with E-state index in [0.29, 0.717) is 11.4 Å². The van der Waals surface area contributed by atoms with Crippen LogP contribution in [0.2, 0.25) is 5.02 Å². The monoisotopic (exact) mass is 232 g/mol. The molecule has 0 saturated carbocycles. The average Bonchev–Trinajstić information content (AvgIpc) is 2.30. The molecule has 0 saturated heterocycles. The number of carbonyl (C=O) groups is 1. The molecule has 0 N–H and O–H groups in total. The van der Waals surface area contributed by atoms with Crippen molar-refractivity contribution in [2.24, 2.45) is 0 Å². The number of carbonyl (C=O) groups excluding carboxylic acids is 1. The van der Waals surface area contributed by atoms with Crippen molar-refractivity contribution in [2.45, 2.75) is 18.8 Å². The Hall–Kier alpha value is -1.34. The maximum Gasteiger partial charge on any atom is 0.144 e. The van der Waals surface area contributed by atoms with Crippen LogP contribution >= 0.6 is 11.6 Å². The van der Waals surface area contributed by atoms with Gasteiger partial charge in [-0.1, -0.05) is 48.0 Å². The van der Waals surface area contributed by atoms with Gasteiger partial charge in [-0.2, -0.15) is 0 Å². The summed E-state index contributed by atoms with van der Waals surface area (Å²) in [6, 6.07) is 7.53. The van der Waals surface area contributed by atoms with E-state index in [9.17, 15) is 4.79 Å². The highest BCUT2D eigenvalue weighted by atomic mass is 35.5. The van der Waals surface area contributed by atoms with Crippen LogP contribution in [0.5, 0.6) is 0 Å². The standard InChI is InChI=1S/C14H13ClO/c1-11(16)14(8-3-2-4-9-14)12-6-5-7-13(15)10-12/h2-8,10H,9H2,1H3. The second-order valence-electron chi connectivity index (χ2n) is 4.03. The van der Waals surface area contributed by atoms with Crippen LogP contribution in [0, 0.1) is 0 Å². The lowest BCUT2D eigenvalue weighted by Crippen LogP contribution is -2.32. The van der Waals surface area contributed by atoms with Gasteiger partial charge in [-0.3, -0.25) is 4.79 Å². The molecule has 1 aromatic rings. The quantitative estimate of drug-likeness (QED) is 0.760. The molecule has 1 nitrogen and oxygen atoms in total. The van der Waals surface area contributed by atoms with Crippen LogP contribution in [0.3, 0.4) is 0 Å². The van der Waals surface area contributed by atoms with E-state index < -0.39 is 5.41 Å². The zero-order valence-electron chi connectivity index (χ0n) is 9.11. The summed E-state index contributed by atoms with van der Waals surface area (Å²) in [5.74, 6) is 0.148. The lowest BCUT2D eigenvalue weighted by atomic mass is 9.73. The van der Waals surface area contributed by atoms with Crippen LogP contribution < -0.4 is 0 Å². The Kier molecular flexibility index (Phi) is 2.97. The second-order valence-corrected chi connectivity index (χ2v) is 4.47. The van der Waals surface area contributed by atoms with E-state index in [2.05, 4.69) is 0 Å². The van der Waals surface area contributed by atoms with Crippen LogP contribution in [0.1, 0.15) is 18.9 Å². The number of rotatable bonds is 2. The molecular formula is C14H13ClO. The molecule has 2 heteroatoms. The molecule has 0 amide bonds. The molecule has 1 aromatic carbocycles. The molecule has 2 rings (SSSR count). The summed E-state index contributed by atoms with van der Waals surface area (Å²) in [6.45, 7) is 1.63.